The SMILES string of the molecule is NC(=S)N/N=C/c1ccc(CN2CCN(c3cccc(Cl)c3Cl)CC2)o1. The molecule has 1 saturated heterocycles. The summed E-state index contributed by atoms with van der Waals surface area (Å²) in [4.78, 5) is 4.59. The van der Waals surface area contributed by atoms with Crippen molar-refractivity contribution in [2.75, 3.05) is 31.1 Å². The van der Waals surface area contributed by atoms with Gasteiger partial charge in [-0.1, -0.05) is 29.3 Å². The van der Waals surface area contributed by atoms with Gasteiger partial charge in [0.2, 0.25) is 0 Å². The van der Waals surface area contributed by atoms with Crippen LogP contribution in [0.1, 0.15) is 11.5 Å². The summed E-state index contributed by atoms with van der Waals surface area (Å²) >= 11 is 17.1. The van der Waals surface area contributed by atoms with E-state index in [0.29, 0.717) is 15.8 Å². The lowest BCUT2D eigenvalue weighted by atomic mass is 10.2. The highest BCUT2D eigenvalue weighted by molar-refractivity contribution is 7.80. The maximum absolute atomic E-state index is 6.32. The summed E-state index contributed by atoms with van der Waals surface area (Å²) in [5.41, 5.74) is 8.79. The minimum absolute atomic E-state index is 0.116. The van der Waals surface area contributed by atoms with Crippen molar-refractivity contribution in [2.24, 2.45) is 10.8 Å². The molecule has 1 aliphatic rings. The number of thiocarbonyl (C=S) groups is 1. The van der Waals surface area contributed by atoms with E-state index in [1.54, 1.807) is 12.3 Å². The molecule has 0 amide bonds. The van der Waals surface area contributed by atoms with Crippen molar-refractivity contribution in [2.45, 2.75) is 6.54 Å². The van der Waals surface area contributed by atoms with Gasteiger partial charge in [-0.25, -0.2) is 0 Å². The molecule has 1 aliphatic heterocycles. The predicted molar refractivity (Wildman–Crippen MR) is 110 cm³/mol. The summed E-state index contributed by atoms with van der Waals surface area (Å²) in [6, 6.07) is 9.54. The van der Waals surface area contributed by atoms with Gasteiger partial charge < -0.3 is 15.1 Å². The van der Waals surface area contributed by atoms with Gasteiger partial charge in [0.1, 0.15) is 11.5 Å². The monoisotopic (exact) mass is 411 g/mol. The number of hydrogen-bond donors (Lipinski definition) is 2. The molecule has 3 rings (SSSR count). The number of rotatable bonds is 5. The Morgan fingerprint density at radius 1 is 1.23 bits per heavy atom. The minimum atomic E-state index is 0.116. The molecule has 2 aromatic rings. The number of furan rings is 1. The highest BCUT2D eigenvalue weighted by Gasteiger charge is 2.20. The molecule has 0 aliphatic carbocycles. The second-order valence-corrected chi connectivity index (χ2v) is 7.10. The van der Waals surface area contributed by atoms with Gasteiger partial charge in [0, 0.05) is 26.2 Å². The van der Waals surface area contributed by atoms with Crippen LogP contribution in [0, 0.1) is 0 Å². The Bertz CT molecular complexity index is 802. The Kier molecular flexibility index (Phi) is 6.37. The van der Waals surface area contributed by atoms with Crippen molar-refractivity contribution in [3.05, 3.63) is 51.9 Å². The molecular weight excluding hydrogens is 393 g/mol. The maximum atomic E-state index is 6.32. The first-order valence-electron chi connectivity index (χ1n) is 8.11. The van der Waals surface area contributed by atoms with Crippen LogP contribution in [0.5, 0.6) is 0 Å². The molecular formula is C17H19Cl2N5OS. The highest BCUT2D eigenvalue weighted by Crippen LogP contribution is 2.32. The van der Waals surface area contributed by atoms with E-state index in [1.165, 1.54) is 0 Å². The first kappa shape index (κ1) is 19.0. The molecule has 6 nitrogen and oxygen atoms in total. The quantitative estimate of drug-likeness (QED) is 0.447. The molecule has 1 aromatic carbocycles. The fraction of sp³-hybridized carbons (Fsp3) is 0.294. The van der Waals surface area contributed by atoms with Gasteiger partial charge in [-0.3, -0.25) is 10.3 Å². The molecule has 138 valence electrons. The van der Waals surface area contributed by atoms with Gasteiger partial charge >= 0.3 is 0 Å². The number of nitrogens with two attached hydrogens (primary N) is 1. The summed E-state index contributed by atoms with van der Waals surface area (Å²) in [6.07, 6.45) is 1.54. The zero-order valence-electron chi connectivity index (χ0n) is 14.0. The van der Waals surface area contributed by atoms with Gasteiger partial charge in [0.15, 0.2) is 5.11 Å². The normalized spacial score (nSPS) is 15.5. The predicted octanol–water partition coefficient (Wildman–Crippen LogP) is 3.08. The minimum Gasteiger partial charge on any atom is -0.459 e. The van der Waals surface area contributed by atoms with Crippen molar-refractivity contribution in [1.29, 1.82) is 0 Å². The van der Waals surface area contributed by atoms with E-state index < -0.39 is 0 Å². The molecule has 0 saturated carbocycles. The van der Waals surface area contributed by atoms with Gasteiger partial charge in [-0.15, -0.1) is 0 Å². The molecule has 9 heteroatoms. The third-order valence-electron chi connectivity index (χ3n) is 4.07. The van der Waals surface area contributed by atoms with E-state index in [4.69, 9.17) is 33.4 Å². The molecule has 0 atom stereocenters. The van der Waals surface area contributed by atoms with Crippen LogP contribution >= 0.6 is 35.4 Å². The summed E-state index contributed by atoms with van der Waals surface area (Å²) in [6.45, 7) is 4.33. The largest absolute Gasteiger partial charge is 0.459 e. The van der Waals surface area contributed by atoms with Crippen LogP contribution in [0.2, 0.25) is 10.0 Å². The Labute approximate surface area is 167 Å². The lowest BCUT2D eigenvalue weighted by molar-refractivity contribution is 0.230. The molecule has 3 N–H and O–H groups in total. The molecule has 0 bridgehead atoms. The van der Waals surface area contributed by atoms with Crippen molar-refractivity contribution in [1.82, 2.24) is 10.3 Å². The number of halogens is 2. The van der Waals surface area contributed by atoms with E-state index in [1.807, 2.05) is 24.3 Å². The van der Waals surface area contributed by atoms with Crippen molar-refractivity contribution >= 4 is 52.4 Å². The number of hydrogen-bond acceptors (Lipinski definition) is 5. The molecule has 0 spiro atoms. The average molecular weight is 412 g/mol. The molecule has 26 heavy (non-hydrogen) atoms. The van der Waals surface area contributed by atoms with Crippen LogP contribution in [0.4, 0.5) is 5.69 Å². The van der Waals surface area contributed by atoms with E-state index >= 15 is 0 Å². The van der Waals surface area contributed by atoms with Gasteiger partial charge in [0.05, 0.1) is 28.5 Å². The molecule has 0 unspecified atom stereocenters. The Morgan fingerprint density at radius 2 is 2.00 bits per heavy atom. The second kappa shape index (κ2) is 8.73. The third-order valence-corrected chi connectivity index (χ3v) is 4.97. The van der Waals surface area contributed by atoms with Crippen molar-refractivity contribution < 1.29 is 4.42 Å². The lowest BCUT2D eigenvalue weighted by Crippen LogP contribution is -2.46. The Balaban J connectivity index is 1.53. The summed E-state index contributed by atoms with van der Waals surface area (Å²) < 4.78 is 5.75. The number of nitrogens with zero attached hydrogens (tertiary/aromatic N) is 3. The van der Waals surface area contributed by atoms with Crippen LogP contribution in [-0.2, 0) is 6.54 Å². The number of nitrogens with one attached hydrogen (secondary N) is 1. The topological polar surface area (TPSA) is 70.0 Å². The van der Waals surface area contributed by atoms with Crippen molar-refractivity contribution in [3.8, 4) is 0 Å². The molecule has 1 fully saturated rings. The number of anilines is 1. The second-order valence-electron chi connectivity index (χ2n) is 5.87. The zero-order valence-corrected chi connectivity index (χ0v) is 16.3. The number of piperazine rings is 1. The van der Waals surface area contributed by atoms with Gasteiger partial charge in [-0.2, -0.15) is 5.10 Å². The Morgan fingerprint density at radius 3 is 2.73 bits per heavy atom. The Hall–Kier alpha value is -1.80. The lowest BCUT2D eigenvalue weighted by Gasteiger charge is -2.36. The summed E-state index contributed by atoms with van der Waals surface area (Å²) in [7, 11) is 0. The fourth-order valence-electron chi connectivity index (χ4n) is 2.81. The van der Waals surface area contributed by atoms with Crippen molar-refractivity contribution in [3.63, 3.8) is 0 Å². The van der Waals surface area contributed by atoms with Crippen LogP contribution < -0.4 is 16.1 Å². The van der Waals surface area contributed by atoms with Crippen LogP contribution in [0.25, 0.3) is 0 Å². The highest BCUT2D eigenvalue weighted by atomic mass is 35.5. The standard InChI is InChI=1S/C17H19Cl2N5OS/c18-14-2-1-3-15(16(14)19)24-8-6-23(7-9-24)11-13-5-4-12(25-13)10-21-22-17(20)26/h1-5,10H,6-9,11H2,(H3,20,22,26)/b21-10+. The van der Waals surface area contributed by atoms with Gasteiger partial charge in [0.25, 0.3) is 0 Å². The summed E-state index contributed by atoms with van der Waals surface area (Å²) in [5.74, 6) is 1.53. The average Bonchev–Trinajstić information content (AvgIpc) is 3.05. The smallest absolute Gasteiger partial charge is 0.184 e. The van der Waals surface area contributed by atoms with Crippen LogP contribution in [0.3, 0.4) is 0 Å². The first-order chi connectivity index (χ1) is 12.5. The summed E-state index contributed by atoms with van der Waals surface area (Å²) in [5, 5.41) is 5.20. The maximum Gasteiger partial charge on any atom is 0.184 e. The van der Waals surface area contributed by atoms with Crippen LogP contribution in [0.15, 0.2) is 39.9 Å². The van der Waals surface area contributed by atoms with E-state index in [0.717, 1.165) is 44.2 Å². The zero-order chi connectivity index (χ0) is 18.5. The van der Waals surface area contributed by atoms with E-state index in [9.17, 15) is 0 Å². The number of hydrazone groups is 1. The van der Waals surface area contributed by atoms with E-state index in [2.05, 4.69) is 32.5 Å². The van der Waals surface area contributed by atoms with Crippen LogP contribution in [-0.4, -0.2) is 42.4 Å². The molecule has 2 heterocycles. The van der Waals surface area contributed by atoms with Gasteiger partial charge in [-0.05, 0) is 36.5 Å². The fourth-order valence-corrected chi connectivity index (χ4v) is 3.28. The number of benzene rings is 1. The third kappa shape index (κ3) is 4.88. The first-order valence-corrected chi connectivity index (χ1v) is 9.28. The molecule has 1 aromatic heterocycles. The molecule has 0 radical (unpaired) electrons. The van der Waals surface area contributed by atoms with E-state index in [-0.39, 0.29) is 5.11 Å².